The summed E-state index contributed by atoms with van der Waals surface area (Å²) in [6, 6.07) is 3.35. The second kappa shape index (κ2) is 4.72. The quantitative estimate of drug-likeness (QED) is 0.796. The van der Waals surface area contributed by atoms with Crippen LogP contribution < -0.4 is 4.72 Å². The molecule has 6 heteroatoms. The van der Waals surface area contributed by atoms with Crippen molar-refractivity contribution in [3.8, 4) is 0 Å². The molecule has 1 N–H and O–H groups in total. The molecule has 0 aliphatic heterocycles. The third kappa shape index (κ3) is 3.61. The molecule has 1 heterocycles. The van der Waals surface area contributed by atoms with E-state index in [9.17, 15) is 8.42 Å². The lowest BCUT2D eigenvalue weighted by Gasteiger charge is -2.03. The number of hydrogen-bond donors (Lipinski definition) is 1. The predicted octanol–water partition coefficient (Wildman–Crippen LogP) is 1.17. The number of sulfonamides is 1. The molecule has 78 valence electrons. The van der Waals surface area contributed by atoms with Crippen LogP contribution in [-0.4, -0.2) is 19.2 Å². The van der Waals surface area contributed by atoms with Gasteiger partial charge in [0.15, 0.2) is 0 Å². The molecular weight excluding hydrogens is 224 g/mol. The van der Waals surface area contributed by atoms with Gasteiger partial charge in [-0.25, -0.2) is 18.1 Å². The summed E-state index contributed by atoms with van der Waals surface area (Å²) in [7, 11) is -3.14. The maximum absolute atomic E-state index is 11.1. The molecule has 1 aromatic rings. The summed E-state index contributed by atoms with van der Waals surface area (Å²) < 4.78 is 24.6. The number of nitrogens with zero attached hydrogens (tertiary/aromatic N) is 1. The van der Waals surface area contributed by atoms with Crippen molar-refractivity contribution in [1.29, 1.82) is 0 Å². The van der Waals surface area contributed by atoms with Crippen molar-refractivity contribution in [2.24, 2.45) is 0 Å². The van der Waals surface area contributed by atoms with Crippen LogP contribution in [0.3, 0.4) is 0 Å². The van der Waals surface area contributed by atoms with Gasteiger partial charge in [0.25, 0.3) is 0 Å². The van der Waals surface area contributed by atoms with Crippen LogP contribution in [0.25, 0.3) is 0 Å². The van der Waals surface area contributed by atoms with Crippen molar-refractivity contribution in [3.05, 3.63) is 29.0 Å². The Morgan fingerprint density at radius 2 is 2.21 bits per heavy atom. The molecule has 0 aliphatic rings. The smallest absolute Gasteiger partial charge is 0.211 e. The average Bonchev–Trinajstić information content (AvgIpc) is 2.17. The highest BCUT2D eigenvalue weighted by molar-refractivity contribution is 7.89. The summed E-state index contributed by atoms with van der Waals surface area (Å²) in [5, 5.41) is 0.395. The van der Waals surface area contributed by atoms with E-state index in [4.69, 9.17) is 11.6 Å². The highest BCUT2D eigenvalue weighted by atomic mass is 35.5. The maximum Gasteiger partial charge on any atom is 0.211 e. The summed E-state index contributed by atoms with van der Waals surface area (Å²) in [4.78, 5) is 3.84. The Labute approximate surface area is 88.4 Å². The lowest BCUT2D eigenvalue weighted by Crippen LogP contribution is -2.24. The van der Waals surface area contributed by atoms with Crippen LogP contribution in [-0.2, 0) is 16.6 Å². The number of rotatable bonds is 4. The molecule has 0 saturated heterocycles. The van der Waals surface area contributed by atoms with Gasteiger partial charge in [-0.05, 0) is 18.6 Å². The van der Waals surface area contributed by atoms with E-state index < -0.39 is 10.0 Å². The zero-order chi connectivity index (χ0) is 10.6. The average molecular weight is 235 g/mol. The van der Waals surface area contributed by atoms with E-state index in [1.807, 2.05) is 0 Å². The standard InChI is InChI=1S/C8H11ClN2O2S/c1-2-14(12,13)11-6-7-3-4-8(9)10-5-7/h3-5,11H,2,6H2,1H3. The minimum Gasteiger partial charge on any atom is -0.244 e. The van der Waals surface area contributed by atoms with Crippen molar-refractivity contribution in [2.75, 3.05) is 5.75 Å². The van der Waals surface area contributed by atoms with Gasteiger partial charge in [0, 0.05) is 12.7 Å². The molecule has 1 aromatic heterocycles. The molecule has 0 amide bonds. The Kier molecular flexibility index (Phi) is 3.86. The Hall–Kier alpha value is -0.650. The second-order valence-corrected chi connectivity index (χ2v) is 5.20. The minimum absolute atomic E-state index is 0.0774. The van der Waals surface area contributed by atoms with E-state index in [0.29, 0.717) is 5.15 Å². The third-order valence-electron chi connectivity index (χ3n) is 1.66. The SMILES string of the molecule is CCS(=O)(=O)NCc1ccc(Cl)nc1. The van der Waals surface area contributed by atoms with Gasteiger partial charge >= 0.3 is 0 Å². The van der Waals surface area contributed by atoms with Crippen LogP contribution >= 0.6 is 11.6 Å². The van der Waals surface area contributed by atoms with Crippen LogP contribution in [0, 0.1) is 0 Å². The highest BCUT2D eigenvalue weighted by Gasteiger charge is 2.05. The Balaban J connectivity index is 2.59. The first-order chi connectivity index (χ1) is 6.53. The predicted molar refractivity (Wildman–Crippen MR) is 55.5 cm³/mol. The van der Waals surface area contributed by atoms with Gasteiger partial charge < -0.3 is 0 Å². The molecule has 0 aliphatic carbocycles. The van der Waals surface area contributed by atoms with Gasteiger partial charge in [-0.2, -0.15) is 0 Å². The van der Waals surface area contributed by atoms with E-state index in [0.717, 1.165) is 5.56 Å². The fourth-order valence-corrected chi connectivity index (χ4v) is 1.51. The molecule has 1 rings (SSSR count). The summed E-state index contributed by atoms with van der Waals surface area (Å²) in [5.74, 6) is 0.0774. The van der Waals surface area contributed by atoms with Crippen LogP contribution in [0.1, 0.15) is 12.5 Å². The summed E-state index contributed by atoms with van der Waals surface area (Å²) in [5.41, 5.74) is 0.784. The molecule has 0 atom stereocenters. The lowest BCUT2D eigenvalue weighted by molar-refractivity contribution is 0.582. The van der Waals surface area contributed by atoms with Gasteiger partial charge in [0.1, 0.15) is 5.15 Å². The molecule has 0 saturated carbocycles. The monoisotopic (exact) mass is 234 g/mol. The van der Waals surface area contributed by atoms with Crippen LogP contribution in [0.4, 0.5) is 0 Å². The topological polar surface area (TPSA) is 59.1 Å². The number of aromatic nitrogens is 1. The zero-order valence-corrected chi connectivity index (χ0v) is 9.27. The second-order valence-electron chi connectivity index (χ2n) is 2.71. The number of halogens is 1. The van der Waals surface area contributed by atoms with E-state index in [1.165, 1.54) is 0 Å². The lowest BCUT2D eigenvalue weighted by atomic mass is 10.3. The maximum atomic E-state index is 11.1. The molecule has 14 heavy (non-hydrogen) atoms. The molecule has 0 unspecified atom stereocenters. The number of hydrogen-bond acceptors (Lipinski definition) is 3. The first-order valence-electron chi connectivity index (χ1n) is 4.11. The summed E-state index contributed by atoms with van der Waals surface area (Å²) >= 11 is 5.58. The summed E-state index contributed by atoms with van der Waals surface area (Å²) in [6.45, 7) is 1.84. The molecule has 0 fully saturated rings. The molecular formula is C8H11ClN2O2S. The van der Waals surface area contributed by atoms with Gasteiger partial charge in [0.2, 0.25) is 10.0 Å². The molecule has 0 radical (unpaired) electrons. The van der Waals surface area contributed by atoms with Crippen molar-refractivity contribution >= 4 is 21.6 Å². The number of nitrogens with one attached hydrogen (secondary N) is 1. The highest BCUT2D eigenvalue weighted by Crippen LogP contribution is 2.05. The van der Waals surface area contributed by atoms with Crippen LogP contribution in [0.15, 0.2) is 18.3 Å². The van der Waals surface area contributed by atoms with Gasteiger partial charge in [-0.15, -0.1) is 0 Å². The summed E-state index contributed by atoms with van der Waals surface area (Å²) in [6.07, 6.45) is 1.54. The van der Waals surface area contributed by atoms with E-state index >= 15 is 0 Å². The van der Waals surface area contributed by atoms with Crippen molar-refractivity contribution in [1.82, 2.24) is 9.71 Å². The molecule has 0 bridgehead atoms. The third-order valence-corrected chi connectivity index (χ3v) is 3.23. The molecule has 0 spiro atoms. The van der Waals surface area contributed by atoms with E-state index in [-0.39, 0.29) is 12.3 Å². The Morgan fingerprint density at radius 1 is 1.50 bits per heavy atom. The van der Waals surface area contributed by atoms with Crippen LogP contribution in [0.5, 0.6) is 0 Å². The van der Waals surface area contributed by atoms with E-state index in [2.05, 4.69) is 9.71 Å². The Bertz CT molecular complexity index is 388. The van der Waals surface area contributed by atoms with E-state index in [1.54, 1.807) is 25.3 Å². The fourth-order valence-electron chi connectivity index (χ4n) is 0.806. The van der Waals surface area contributed by atoms with Crippen LogP contribution in [0.2, 0.25) is 5.15 Å². The largest absolute Gasteiger partial charge is 0.244 e. The molecule has 4 nitrogen and oxygen atoms in total. The van der Waals surface area contributed by atoms with Gasteiger partial charge in [-0.1, -0.05) is 17.7 Å². The Morgan fingerprint density at radius 3 is 2.71 bits per heavy atom. The normalized spacial score (nSPS) is 11.6. The first-order valence-corrected chi connectivity index (χ1v) is 6.14. The zero-order valence-electron chi connectivity index (χ0n) is 7.70. The van der Waals surface area contributed by atoms with Gasteiger partial charge in [0.05, 0.1) is 5.75 Å². The van der Waals surface area contributed by atoms with Crippen molar-refractivity contribution in [2.45, 2.75) is 13.5 Å². The first kappa shape index (κ1) is 11.4. The fraction of sp³-hybridized carbons (Fsp3) is 0.375. The molecule has 0 aromatic carbocycles. The number of pyridine rings is 1. The minimum atomic E-state index is -3.14. The van der Waals surface area contributed by atoms with Gasteiger partial charge in [-0.3, -0.25) is 0 Å². The van der Waals surface area contributed by atoms with Crippen molar-refractivity contribution < 1.29 is 8.42 Å². The van der Waals surface area contributed by atoms with Crippen molar-refractivity contribution in [3.63, 3.8) is 0 Å².